The van der Waals surface area contributed by atoms with Gasteiger partial charge in [0.25, 0.3) is 5.91 Å². The molecule has 1 aromatic carbocycles. The van der Waals surface area contributed by atoms with Crippen LogP contribution < -0.4 is 5.32 Å². The van der Waals surface area contributed by atoms with Crippen LogP contribution in [-0.4, -0.2) is 44.7 Å². The first-order valence-corrected chi connectivity index (χ1v) is 11.1. The van der Waals surface area contributed by atoms with Crippen molar-refractivity contribution in [2.24, 2.45) is 5.92 Å². The van der Waals surface area contributed by atoms with Crippen molar-refractivity contribution in [1.29, 1.82) is 0 Å². The molecule has 2 aromatic heterocycles. The molecule has 0 aliphatic carbocycles. The van der Waals surface area contributed by atoms with Crippen molar-refractivity contribution in [3.05, 3.63) is 71.9 Å². The first kappa shape index (κ1) is 22.0. The number of hydrogen-bond acceptors (Lipinski definition) is 3. The van der Waals surface area contributed by atoms with Crippen molar-refractivity contribution in [2.75, 3.05) is 13.1 Å². The molecule has 1 N–H and O–H groups in total. The highest BCUT2D eigenvalue weighted by Gasteiger charge is 2.34. The van der Waals surface area contributed by atoms with E-state index in [0.717, 1.165) is 31.3 Å². The third-order valence-corrected chi connectivity index (χ3v) is 6.19. The van der Waals surface area contributed by atoms with Crippen LogP contribution >= 0.6 is 0 Å². The van der Waals surface area contributed by atoms with Crippen LogP contribution in [0.2, 0.25) is 0 Å². The molecule has 0 bridgehead atoms. The molecule has 1 aliphatic heterocycles. The summed E-state index contributed by atoms with van der Waals surface area (Å²) in [6.07, 6.45) is 7.61. The minimum Gasteiger partial charge on any atom is -0.341 e. The molecule has 0 radical (unpaired) electrons. The molecule has 1 atom stereocenters. The van der Waals surface area contributed by atoms with E-state index in [1.54, 1.807) is 13.8 Å². The second-order valence-corrected chi connectivity index (χ2v) is 9.06. The van der Waals surface area contributed by atoms with Crippen molar-refractivity contribution in [3.63, 3.8) is 0 Å². The number of carbonyl (C=O) groups excluding carboxylic acids is 2. The van der Waals surface area contributed by atoms with Crippen LogP contribution in [0.3, 0.4) is 0 Å². The van der Waals surface area contributed by atoms with Gasteiger partial charge in [0, 0.05) is 36.7 Å². The van der Waals surface area contributed by atoms with Crippen molar-refractivity contribution in [3.8, 4) is 0 Å². The lowest BCUT2D eigenvalue weighted by Crippen LogP contribution is -2.56. The average Bonchev–Trinajstić information content (AvgIpc) is 3.13. The Morgan fingerprint density at radius 1 is 1.16 bits per heavy atom. The van der Waals surface area contributed by atoms with Gasteiger partial charge in [0.15, 0.2) is 0 Å². The van der Waals surface area contributed by atoms with Crippen molar-refractivity contribution in [1.82, 2.24) is 19.6 Å². The van der Waals surface area contributed by atoms with Crippen LogP contribution in [0.25, 0.3) is 5.65 Å². The quantitative estimate of drug-likeness (QED) is 0.661. The molecular weight excluding hydrogens is 407 g/mol. The van der Waals surface area contributed by atoms with E-state index >= 15 is 0 Å². The number of halogens is 1. The van der Waals surface area contributed by atoms with Crippen molar-refractivity contribution >= 4 is 17.5 Å². The van der Waals surface area contributed by atoms with Crippen LogP contribution in [-0.2, 0) is 11.2 Å². The number of rotatable bonds is 5. The van der Waals surface area contributed by atoms with Gasteiger partial charge in [-0.05, 0) is 75.8 Å². The third kappa shape index (κ3) is 4.82. The van der Waals surface area contributed by atoms with E-state index in [-0.39, 0.29) is 11.5 Å². The zero-order chi connectivity index (χ0) is 22.7. The second-order valence-electron chi connectivity index (χ2n) is 9.06. The zero-order valence-electron chi connectivity index (χ0n) is 18.6. The Balaban J connectivity index is 1.38. The lowest BCUT2D eigenvalue weighted by atomic mass is 9.95. The molecule has 0 spiro atoms. The predicted molar refractivity (Wildman–Crippen MR) is 121 cm³/mol. The Hall–Kier alpha value is -3.22. The largest absolute Gasteiger partial charge is 0.341 e. The Morgan fingerprint density at radius 2 is 1.97 bits per heavy atom. The van der Waals surface area contributed by atoms with Crippen LogP contribution in [0.4, 0.5) is 4.39 Å². The Bertz CT molecular complexity index is 1120. The molecule has 0 saturated carbocycles. The number of nitrogens with one attached hydrogen (secondary N) is 1. The van der Waals surface area contributed by atoms with Crippen LogP contribution in [0, 0.1) is 11.7 Å². The normalized spacial score (nSPS) is 17.2. The molecule has 1 aliphatic rings. The molecule has 1 fully saturated rings. The van der Waals surface area contributed by atoms with E-state index < -0.39 is 17.3 Å². The van der Waals surface area contributed by atoms with Gasteiger partial charge < -0.3 is 14.6 Å². The summed E-state index contributed by atoms with van der Waals surface area (Å²) in [6.45, 7) is 4.73. The summed E-state index contributed by atoms with van der Waals surface area (Å²) in [6, 6.07) is 11.6. The molecule has 6 nitrogen and oxygen atoms in total. The molecule has 7 heteroatoms. The standard InChI is InChI=1S/C25H29FN4O2/c1-25(2,28-23(31)19-7-3-8-20(26)17-19)24(32)29-13-5-6-18(11-14-29)16-21-9-4-10-22-27-12-15-30(21)22/h3-4,7-10,12,15,17-18H,5-6,11,13-14,16H2,1-2H3,(H,28,31). The van der Waals surface area contributed by atoms with Crippen molar-refractivity contribution in [2.45, 2.75) is 45.1 Å². The number of pyridine rings is 1. The Morgan fingerprint density at radius 3 is 2.78 bits per heavy atom. The molecule has 3 aromatic rings. The number of carbonyl (C=O) groups is 2. The molecule has 32 heavy (non-hydrogen) atoms. The van der Waals surface area contributed by atoms with Gasteiger partial charge in [-0.1, -0.05) is 12.1 Å². The molecule has 1 saturated heterocycles. The van der Waals surface area contributed by atoms with Gasteiger partial charge in [0.2, 0.25) is 5.91 Å². The number of amides is 2. The Labute approximate surface area is 187 Å². The fraction of sp³-hybridized carbons (Fsp3) is 0.400. The number of aromatic nitrogens is 2. The highest BCUT2D eigenvalue weighted by atomic mass is 19.1. The second kappa shape index (κ2) is 9.10. The molecule has 3 heterocycles. The Kier molecular flexibility index (Phi) is 6.26. The number of hydrogen-bond donors (Lipinski definition) is 1. The van der Waals surface area contributed by atoms with E-state index in [0.29, 0.717) is 19.0 Å². The lowest BCUT2D eigenvalue weighted by molar-refractivity contribution is -0.136. The van der Waals surface area contributed by atoms with Gasteiger partial charge in [-0.2, -0.15) is 0 Å². The van der Waals surface area contributed by atoms with E-state index in [1.165, 1.54) is 30.0 Å². The number of imidazole rings is 1. The van der Waals surface area contributed by atoms with Gasteiger partial charge in [-0.3, -0.25) is 9.59 Å². The fourth-order valence-corrected chi connectivity index (χ4v) is 4.48. The maximum Gasteiger partial charge on any atom is 0.252 e. The summed E-state index contributed by atoms with van der Waals surface area (Å²) in [4.78, 5) is 32.0. The van der Waals surface area contributed by atoms with Crippen molar-refractivity contribution < 1.29 is 14.0 Å². The highest BCUT2D eigenvalue weighted by Crippen LogP contribution is 2.24. The topological polar surface area (TPSA) is 66.7 Å². The number of benzene rings is 1. The molecule has 2 amide bonds. The lowest BCUT2D eigenvalue weighted by Gasteiger charge is -2.32. The monoisotopic (exact) mass is 436 g/mol. The minimum atomic E-state index is -1.08. The van der Waals surface area contributed by atoms with E-state index in [1.807, 2.05) is 29.4 Å². The summed E-state index contributed by atoms with van der Waals surface area (Å²) in [5, 5.41) is 2.78. The molecular formula is C25H29FN4O2. The maximum atomic E-state index is 13.5. The van der Waals surface area contributed by atoms with Gasteiger partial charge >= 0.3 is 0 Å². The summed E-state index contributed by atoms with van der Waals surface area (Å²) in [5.41, 5.74) is 1.30. The minimum absolute atomic E-state index is 0.111. The van der Waals surface area contributed by atoms with Crippen LogP contribution in [0.5, 0.6) is 0 Å². The molecule has 168 valence electrons. The maximum absolute atomic E-state index is 13.5. The van der Waals surface area contributed by atoms with Gasteiger partial charge in [0.05, 0.1) is 0 Å². The van der Waals surface area contributed by atoms with Crippen LogP contribution in [0.1, 0.15) is 49.2 Å². The van der Waals surface area contributed by atoms with Gasteiger partial charge in [0.1, 0.15) is 17.0 Å². The number of likely N-dealkylation sites (tertiary alicyclic amines) is 1. The fourth-order valence-electron chi connectivity index (χ4n) is 4.48. The summed E-state index contributed by atoms with van der Waals surface area (Å²) in [5.74, 6) is -0.568. The number of fused-ring (bicyclic) bond motifs is 1. The van der Waals surface area contributed by atoms with Gasteiger partial charge in [-0.15, -0.1) is 0 Å². The van der Waals surface area contributed by atoms with E-state index in [4.69, 9.17) is 0 Å². The molecule has 4 rings (SSSR count). The van der Waals surface area contributed by atoms with Crippen LogP contribution in [0.15, 0.2) is 54.9 Å². The zero-order valence-corrected chi connectivity index (χ0v) is 18.6. The number of nitrogens with zero attached hydrogens (tertiary/aromatic N) is 3. The first-order valence-electron chi connectivity index (χ1n) is 11.1. The van der Waals surface area contributed by atoms with E-state index in [2.05, 4.69) is 20.8 Å². The summed E-state index contributed by atoms with van der Waals surface area (Å²) >= 11 is 0. The first-order chi connectivity index (χ1) is 15.3. The summed E-state index contributed by atoms with van der Waals surface area (Å²) < 4.78 is 15.6. The summed E-state index contributed by atoms with van der Waals surface area (Å²) in [7, 11) is 0. The van der Waals surface area contributed by atoms with Gasteiger partial charge in [-0.25, -0.2) is 9.37 Å². The predicted octanol–water partition coefficient (Wildman–Crippen LogP) is 3.85. The third-order valence-electron chi connectivity index (χ3n) is 6.19. The molecule has 1 unspecified atom stereocenters. The van der Waals surface area contributed by atoms with E-state index in [9.17, 15) is 14.0 Å². The smallest absolute Gasteiger partial charge is 0.252 e. The highest BCUT2D eigenvalue weighted by molar-refractivity contribution is 5.98. The average molecular weight is 437 g/mol. The SMILES string of the molecule is CC(C)(NC(=O)c1cccc(F)c1)C(=O)N1CCCC(Cc2cccc3nccn23)CC1.